The zero-order valence-corrected chi connectivity index (χ0v) is 39.7. The number of nitrogens with zero attached hydrogens (tertiary/aromatic N) is 4. The van der Waals surface area contributed by atoms with E-state index in [1.54, 1.807) is 0 Å². The van der Waals surface area contributed by atoms with E-state index in [-0.39, 0.29) is 12.1 Å². The molecule has 63 heavy (non-hydrogen) atoms. The van der Waals surface area contributed by atoms with Crippen LogP contribution in [0.2, 0.25) is 0 Å². The Kier molecular flexibility index (Phi) is 11.8. The number of hydrogen-bond acceptors (Lipinski definition) is 9. The van der Waals surface area contributed by atoms with E-state index in [0.717, 1.165) is 89.4 Å². The summed E-state index contributed by atoms with van der Waals surface area (Å²) in [5, 5.41) is 38.7. The molecule has 7 aliphatic heterocycles. The zero-order chi connectivity index (χ0) is 41.8. The molecule has 6 aliphatic carbocycles. The van der Waals surface area contributed by atoms with Crippen LogP contribution in [0, 0.1) is 70.0 Å². The van der Waals surface area contributed by atoms with Gasteiger partial charge in [-0.25, -0.2) is 0 Å². The molecule has 346 valence electrons. The quantitative estimate of drug-likeness (QED) is 0.221. The van der Waals surface area contributed by atoms with Gasteiger partial charge in [0.05, 0.1) is 24.2 Å². The maximum Gasteiger partial charge on any atom is 0.0956 e. The van der Waals surface area contributed by atoms with E-state index in [0.29, 0.717) is 60.2 Å². The van der Waals surface area contributed by atoms with E-state index in [2.05, 4.69) is 55.0 Å². The third-order valence-corrected chi connectivity index (χ3v) is 24.3. The predicted octanol–water partition coefficient (Wildman–Crippen LogP) is 8.66. The van der Waals surface area contributed by atoms with E-state index >= 15 is 0 Å². The molecular formula is C54H84N8S. The molecule has 0 aromatic carbocycles. The molecule has 8 nitrogen and oxygen atoms in total. The Morgan fingerprint density at radius 1 is 0.349 bits per heavy atom. The fraction of sp³-hybridized carbons (Fsp3) is 0.963. The Labute approximate surface area is 386 Å². The zero-order valence-electron chi connectivity index (χ0n) is 38.9. The molecule has 0 bridgehead atoms. The number of likely N-dealkylation sites (tertiary alicyclic amines) is 2. The summed E-state index contributed by atoms with van der Waals surface area (Å²) < 4.78 is 0. The molecule has 0 amide bonds. The molecule has 0 radical (unpaired) electrons. The average Bonchev–Trinajstić information content (AvgIpc) is 4.00. The van der Waals surface area contributed by atoms with Crippen molar-refractivity contribution < 1.29 is 0 Å². The van der Waals surface area contributed by atoms with E-state index in [4.69, 9.17) is 0 Å². The maximum absolute atomic E-state index is 10.0. The first-order valence-corrected chi connectivity index (χ1v) is 29.1. The molecule has 0 spiro atoms. The van der Waals surface area contributed by atoms with Crippen LogP contribution in [0.3, 0.4) is 0 Å². The van der Waals surface area contributed by atoms with Crippen LogP contribution in [0.5, 0.6) is 0 Å². The summed E-state index contributed by atoms with van der Waals surface area (Å²) in [6.07, 6.45) is 38.8. The number of rotatable bonds is 4. The van der Waals surface area contributed by atoms with Gasteiger partial charge in [0, 0.05) is 88.9 Å². The van der Waals surface area contributed by atoms with E-state index < -0.39 is 0 Å². The average molecular weight is 877 g/mol. The van der Waals surface area contributed by atoms with Crippen LogP contribution < -0.4 is 21.3 Å². The van der Waals surface area contributed by atoms with Gasteiger partial charge < -0.3 is 10.6 Å². The highest BCUT2D eigenvalue weighted by Crippen LogP contribution is 2.65. The van der Waals surface area contributed by atoms with E-state index in [1.807, 2.05) is 0 Å². The molecule has 0 aromatic rings. The van der Waals surface area contributed by atoms with Crippen molar-refractivity contribution in [3.05, 3.63) is 0 Å². The maximum atomic E-state index is 10.0. The van der Waals surface area contributed by atoms with Crippen molar-refractivity contribution in [1.29, 1.82) is 10.5 Å². The first-order valence-electron chi connectivity index (χ1n) is 28.2. The summed E-state index contributed by atoms with van der Waals surface area (Å²) in [6.45, 7) is 0. The van der Waals surface area contributed by atoms with Crippen LogP contribution >= 0.6 is 11.8 Å². The summed E-state index contributed by atoms with van der Waals surface area (Å²) >= 11 is 2.60. The molecule has 4 N–H and O–H groups in total. The SMILES string of the molecule is N#CC1CCC2NC(C3C4SC5CCCCC5C4C(C4CCC5NC(C#N)CCC5N4)C(N4C5CCCCC5C5CCCCC54)C3N3C4CCCCC4C4CCCCC43)CCC2N1. The molecule has 13 fully saturated rings. The number of hydrogen-bond donors (Lipinski definition) is 4. The molecule has 0 aromatic heterocycles. The molecule has 24 atom stereocenters. The minimum Gasteiger partial charge on any atom is -0.309 e. The van der Waals surface area contributed by atoms with Crippen molar-refractivity contribution in [2.45, 2.75) is 275 Å². The van der Waals surface area contributed by atoms with Crippen molar-refractivity contribution in [2.24, 2.45) is 47.3 Å². The number of thioether (sulfide) groups is 1. The van der Waals surface area contributed by atoms with Crippen LogP contribution in [0.1, 0.15) is 180 Å². The number of piperidine rings is 4. The fourth-order valence-electron chi connectivity index (χ4n) is 20.4. The normalized spacial score (nSPS) is 55.6. The molecule has 13 aliphatic rings. The topological polar surface area (TPSA) is 102 Å². The second-order valence-corrected chi connectivity index (χ2v) is 26.2. The Bertz CT molecular complexity index is 1690. The van der Waals surface area contributed by atoms with Crippen LogP contribution in [0.4, 0.5) is 0 Å². The van der Waals surface area contributed by atoms with E-state index in [9.17, 15) is 10.5 Å². The standard InChI is InChI=1S/C54H84N8S/c55-29-31-21-23-40-38(57-31)25-27-42(59-40)50-49-37-15-5-10-20-48(37)63-54(49)51(43-28-26-39-41(60-43)24-22-32(30-56)58-39)53(62-46-18-8-3-13-35(46)36-14-4-9-19-47(36)62)52(50)61-44-16-6-1-11-33(44)34-12-2-7-17-45(34)61/h31-54,57-60H,1-28H2. The summed E-state index contributed by atoms with van der Waals surface area (Å²) in [5.41, 5.74) is 0. The predicted molar refractivity (Wildman–Crippen MR) is 253 cm³/mol. The summed E-state index contributed by atoms with van der Waals surface area (Å²) in [6, 6.07) is 12.8. The number of nitrogens with one attached hydrogen (secondary N) is 4. The molecule has 7 saturated heterocycles. The molecule has 9 heteroatoms. The highest BCUT2D eigenvalue weighted by Gasteiger charge is 2.69. The Morgan fingerprint density at radius 2 is 0.714 bits per heavy atom. The van der Waals surface area contributed by atoms with Crippen LogP contribution in [-0.4, -0.2) is 105 Å². The number of fused-ring (bicyclic) bond motifs is 11. The third kappa shape index (κ3) is 7.04. The van der Waals surface area contributed by atoms with Crippen molar-refractivity contribution >= 4 is 11.8 Å². The van der Waals surface area contributed by atoms with Crippen LogP contribution in [-0.2, 0) is 0 Å². The fourth-order valence-corrected chi connectivity index (χ4v) is 22.7. The minimum absolute atomic E-state index is 0.0286. The van der Waals surface area contributed by atoms with Crippen molar-refractivity contribution in [3.8, 4) is 12.1 Å². The van der Waals surface area contributed by atoms with Crippen molar-refractivity contribution in [2.75, 3.05) is 0 Å². The molecule has 24 unspecified atom stereocenters. The van der Waals surface area contributed by atoms with Crippen molar-refractivity contribution in [3.63, 3.8) is 0 Å². The lowest BCUT2D eigenvalue weighted by Gasteiger charge is -2.64. The lowest BCUT2D eigenvalue weighted by Crippen LogP contribution is -2.76. The molecule has 13 rings (SSSR count). The molecule has 7 heterocycles. The highest BCUT2D eigenvalue weighted by atomic mass is 32.2. The lowest BCUT2D eigenvalue weighted by atomic mass is 9.55. The monoisotopic (exact) mass is 877 g/mol. The largest absolute Gasteiger partial charge is 0.309 e. The van der Waals surface area contributed by atoms with Crippen LogP contribution in [0.25, 0.3) is 0 Å². The Hall–Kier alpha value is -0.910. The van der Waals surface area contributed by atoms with E-state index in [1.165, 1.54) is 161 Å². The van der Waals surface area contributed by atoms with Gasteiger partial charge in [-0.05, 0) is 157 Å². The minimum atomic E-state index is 0.0286. The molecular weight excluding hydrogens is 793 g/mol. The first-order chi connectivity index (χ1) is 31.2. The Morgan fingerprint density at radius 3 is 1.19 bits per heavy atom. The first kappa shape index (κ1) is 42.2. The highest BCUT2D eigenvalue weighted by molar-refractivity contribution is 8.00. The summed E-state index contributed by atoms with van der Waals surface area (Å²) in [7, 11) is 0. The van der Waals surface area contributed by atoms with Crippen LogP contribution in [0.15, 0.2) is 0 Å². The second-order valence-electron chi connectivity index (χ2n) is 24.7. The lowest BCUT2D eigenvalue weighted by molar-refractivity contribution is -0.117. The molecule has 6 saturated carbocycles. The number of nitriles is 2. The van der Waals surface area contributed by atoms with Gasteiger partial charge in [-0.2, -0.15) is 22.3 Å². The summed E-state index contributed by atoms with van der Waals surface area (Å²) in [5.74, 6) is 6.77. The second kappa shape index (κ2) is 17.6. The smallest absolute Gasteiger partial charge is 0.0956 e. The van der Waals surface area contributed by atoms with Gasteiger partial charge in [-0.3, -0.25) is 20.4 Å². The van der Waals surface area contributed by atoms with Crippen molar-refractivity contribution in [1.82, 2.24) is 31.1 Å². The summed E-state index contributed by atoms with van der Waals surface area (Å²) in [4.78, 5) is 7.11. The van der Waals surface area contributed by atoms with Gasteiger partial charge in [0.15, 0.2) is 0 Å². The van der Waals surface area contributed by atoms with Gasteiger partial charge >= 0.3 is 0 Å². The third-order valence-electron chi connectivity index (χ3n) is 22.4. The van der Waals surface area contributed by atoms with Gasteiger partial charge in [0.1, 0.15) is 0 Å². The van der Waals surface area contributed by atoms with Gasteiger partial charge in [0.2, 0.25) is 0 Å². The van der Waals surface area contributed by atoms with Gasteiger partial charge in [-0.15, -0.1) is 0 Å². The van der Waals surface area contributed by atoms with Gasteiger partial charge in [0.25, 0.3) is 0 Å². The van der Waals surface area contributed by atoms with Gasteiger partial charge in [-0.1, -0.05) is 64.2 Å². The Balaban J connectivity index is 0.989.